The molecule has 0 atom stereocenters. The quantitative estimate of drug-likeness (QED) is 0.539. The van der Waals surface area contributed by atoms with Gasteiger partial charge in [-0.05, 0) is 18.2 Å². The predicted molar refractivity (Wildman–Crippen MR) is 71.9 cm³/mol. The van der Waals surface area contributed by atoms with Crippen molar-refractivity contribution in [3.05, 3.63) is 57.6 Å². The van der Waals surface area contributed by atoms with Gasteiger partial charge >= 0.3 is 6.18 Å². The van der Waals surface area contributed by atoms with Crippen LogP contribution in [0.2, 0.25) is 10.0 Å². The molecule has 0 heterocycles. The molecule has 0 radical (unpaired) electrons. The third kappa shape index (κ3) is 3.30. The molecule has 2 aromatic rings. The maximum Gasteiger partial charge on any atom is 0.417 e. The Hall–Kier alpha value is -1.33. The van der Waals surface area contributed by atoms with Crippen molar-refractivity contribution in [3.8, 4) is 11.1 Å². The van der Waals surface area contributed by atoms with E-state index in [0.717, 1.165) is 18.2 Å². The van der Waals surface area contributed by atoms with Gasteiger partial charge in [-0.25, -0.2) is 8.78 Å². The molecule has 0 aliphatic rings. The lowest BCUT2D eigenvalue weighted by Crippen LogP contribution is -2.09. The van der Waals surface area contributed by atoms with Crippen LogP contribution in [-0.2, 0) is 6.18 Å². The Labute approximate surface area is 127 Å². The summed E-state index contributed by atoms with van der Waals surface area (Å²) < 4.78 is 65.3. The van der Waals surface area contributed by atoms with Crippen molar-refractivity contribution in [2.45, 2.75) is 12.6 Å². The van der Waals surface area contributed by atoms with E-state index < -0.39 is 29.3 Å². The van der Waals surface area contributed by atoms with Crippen LogP contribution in [0.3, 0.4) is 0 Å². The van der Waals surface area contributed by atoms with Crippen molar-refractivity contribution in [3.63, 3.8) is 0 Å². The van der Waals surface area contributed by atoms with Crippen molar-refractivity contribution in [2.75, 3.05) is 0 Å². The zero-order chi connectivity index (χ0) is 15.8. The van der Waals surface area contributed by atoms with E-state index >= 15 is 0 Å². The van der Waals surface area contributed by atoms with Gasteiger partial charge in [-0.1, -0.05) is 41.4 Å². The van der Waals surface area contributed by atoms with Crippen LogP contribution in [0.15, 0.2) is 36.4 Å². The van der Waals surface area contributed by atoms with Crippen LogP contribution in [0.1, 0.15) is 17.6 Å². The van der Waals surface area contributed by atoms with Crippen molar-refractivity contribution >= 4 is 23.2 Å². The van der Waals surface area contributed by atoms with Gasteiger partial charge in [-0.3, -0.25) is 0 Å². The van der Waals surface area contributed by atoms with E-state index in [9.17, 15) is 22.0 Å². The third-order valence-corrected chi connectivity index (χ3v) is 3.39. The molecule has 2 rings (SSSR count). The molecule has 0 saturated heterocycles. The lowest BCUT2D eigenvalue weighted by Gasteiger charge is -2.18. The molecular formula is C14H7Cl2F5. The van der Waals surface area contributed by atoms with Gasteiger partial charge in [0.05, 0.1) is 5.56 Å². The summed E-state index contributed by atoms with van der Waals surface area (Å²) in [6.45, 7) is 0. The fourth-order valence-corrected chi connectivity index (χ4v) is 2.48. The van der Waals surface area contributed by atoms with E-state index in [4.69, 9.17) is 23.2 Å². The van der Waals surface area contributed by atoms with Gasteiger partial charge in [0.15, 0.2) is 0 Å². The predicted octanol–water partition coefficient (Wildman–Crippen LogP) is 6.62. The minimum atomic E-state index is -4.77. The monoisotopic (exact) mass is 340 g/mol. The molecule has 0 N–H and O–H groups in total. The molecule has 0 fully saturated rings. The summed E-state index contributed by atoms with van der Waals surface area (Å²) in [5.41, 5.74) is -2.65. The average molecular weight is 341 g/mol. The Morgan fingerprint density at radius 1 is 0.952 bits per heavy atom. The molecule has 0 unspecified atom stereocenters. The normalized spacial score (nSPS) is 12.0. The van der Waals surface area contributed by atoms with E-state index in [0.29, 0.717) is 0 Å². The maximum atomic E-state index is 13.1. The highest BCUT2D eigenvalue weighted by molar-refractivity contribution is 6.36. The summed E-state index contributed by atoms with van der Waals surface area (Å²) in [7, 11) is 0. The second kappa shape index (κ2) is 5.81. The SMILES string of the molecule is FC(F)c1cccc(C(F)(F)F)c1-c1ccc(Cl)cc1Cl. The van der Waals surface area contributed by atoms with Gasteiger partial charge in [0.2, 0.25) is 0 Å². The zero-order valence-corrected chi connectivity index (χ0v) is 11.7. The van der Waals surface area contributed by atoms with Crippen molar-refractivity contribution in [1.82, 2.24) is 0 Å². The van der Waals surface area contributed by atoms with Gasteiger partial charge in [-0.2, -0.15) is 13.2 Å². The van der Waals surface area contributed by atoms with Gasteiger partial charge in [0.25, 0.3) is 6.43 Å². The molecule has 7 heteroatoms. The van der Waals surface area contributed by atoms with Crippen LogP contribution >= 0.6 is 23.2 Å². The third-order valence-electron chi connectivity index (χ3n) is 2.84. The van der Waals surface area contributed by atoms with Crippen molar-refractivity contribution in [2.24, 2.45) is 0 Å². The lowest BCUT2D eigenvalue weighted by molar-refractivity contribution is -0.137. The summed E-state index contributed by atoms with van der Waals surface area (Å²) in [5.74, 6) is 0. The largest absolute Gasteiger partial charge is 0.417 e. The molecule has 0 aliphatic heterocycles. The van der Waals surface area contributed by atoms with Crippen LogP contribution in [0.25, 0.3) is 11.1 Å². The van der Waals surface area contributed by atoms with Gasteiger partial charge in [0, 0.05) is 26.7 Å². The first kappa shape index (κ1) is 16.0. The Morgan fingerprint density at radius 2 is 1.62 bits per heavy atom. The van der Waals surface area contributed by atoms with E-state index in [1.807, 2.05) is 0 Å². The van der Waals surface area contributed by atoms with Crippen molar-refractivity contribution < 1.29 is 22.0 Å². The number of hydrogen-bond donors (Lipinski definition) is 0. The molecular weight excluding hydrogens is 334 g/mol. The molecule has 21 heavy (non-hydrogen) atoms. The molecule has 0 amide bonds. The summed E-state index contributed by atoms with van der Waals surface area (Å²) in [5, 5.41) is 0.0768. The Bertz CT molecular complexity index is 665. The molecule has 112 valence electrons. The molecule has 0 aliphatic carbocycles. The Morgan fingerprint density at radius 3 is 2.14 bits per heavy atom. The molecule has 2 aromatic carbocycles. The summed E-state index contributed by atoms with van der Waals surface area (Å²) in [4.78, 5) is 0. The van der Waals surface area contributed by atoms with Crippen LogP contribution in [-0.4, -0.2) is 0 Å². The molecule has 0 nitrogen and oxygen atoms in total. The standard InChI is InChI=1S/C14H7Cl2F5/c15-7-4-5-8(11(16)6-7)12-9(13(17)18)2-1-3-10(12)14(19,20)21/h1-6,13H. The number of rotatable bonds is 2. The minimum Gasteiger partial charge on any atom is -0.205 e. The molecule has 0 aromatic heterocycles. The van der Waals surface area contributed by atoms with E-state index in [1.54, 1.807) is 0 Å². The molecule has 0 spiro atoms. The second-order valence-corrected chi connectivity index (χ2v) is 5.04. The lowest BCUT2D eigenvalue weighted by atomic mass is 9.94. The van der Waals surface area contributed by atoms with Crippen molar-refractivity contribution in [1.29, 1.82) is 0 Å². The summed E-state index contributed by atoms with van der Waals surface area (Å²) in [6.07, 6.45) is -7.84. The minimum absolute atomic E-state index is 0.124. The first-order valence-electron chi connectivity index (χ1n) is 5.65. The molecule has 0 saturated carbocycles. The Kier molecular flexibility index (Phi) is 4.44. The maximum absolute atomic E-state index is 13.1. The average Bonchev–Trinajstić information content (AvgIpc) is 2.36. The van der Waals surface area contributed by atoms with E-state index in [2.05, 4.69) is 0 Å². The van der Waals surface area contributed by atoms with Gasteiger partial charge in [0.1, 0.15) is 0 Å². The van der Waals surface area contributed by atoms with E-state index in [1.165, 1.54) is 18.2 Å². The van der Waals surface area contributed by atoms with Crippen LogP contribution < -0.4 is 0 Å². The topological polar surface area (TPSA) is 0 Å². The highest BCUT2D eigenvalue weighted by atomic mass is 35.5. The van der Waals surface area contributed by atoms with Crippen LogP contribution in [0.5, 0.6) is 0 Å². The first-order chi connectivity index (χ1) is 9.71. The first-order valence-corrected chi connectivity index (χ1v) is 6.41. The highest BCUT2D eigenvalue weighted by Crippen LogP contribution is 2.44. The fourth-order valence-electron chi connectivity index (χ4n) is 1.98. The smallest absolute Gasteiger partial charge is 0.205 e. The van der Waals surface area contributed by atoms with Crippen LogP contribution in [0.4, 0.5) is 22.0 Å². The Balaban J connectivity index is 2.81. The fraction of sp³-hybridized carbons (Fsp3) is 0.143. The number of hydrogen-bond acceptors (Lipinski definition) is 0. The molecule has 0 bridgehead atoms. The number of halogens is 7. The van der Waals surface area contributed by atoms with Gasteiger partial charge < -0.3 is 0 Å². The second-order valence-electron chi connectivity index (χ2n) is 4.19. The number of benzene rings is 2. The van der Waals surface area contributed by atoms with Gasteiger partial charge in [-0.15, -0.1) is 0 Å². The summed E-state index contributed by atoms with van der Waals surface area (Å²) >= 11 is 11.5. The zero-order valence-electron chi connectivity index (χ0n) is 10.2. The van der Waals surface area contributed by atoms with Crippen LogP contribution in [0, 0.1) is 0 Å². The highest BCUT2D eigenvalue weighted by Gasteiger charge is 2.36. The van der Waals surface area contributed by atoms with E-state index in [-0.39, 0.29) is 15.6 Å². The summed E-state index contributed by atoms with van der Waals surface area (Å²) in [6, 6.07) is 6.33. The number of alkyl halides is 5.